The van der Waals surface area contributed by atoms with E-state index in [1.807, 2.05) is 49.4 Å². The molecule has 5 aromatic rings. The van der Waals surface area contributed by atoms with Crippen molar-refractivity contribution < 1.29 is 14.1 Å². The van der Waals surface area contributed by atoms with Gasteiger partial charge in [0.2, 0.25) is 0 Å². The lowest BCUT2D eigenvalue weighted by atomic mass is 10.1. The van der Waals surface area contributed by atoms with Crippen molar-refractivity contribution in [1.82, 2.24) is 4.98 Å². The van der Waals surface area contributed by atoms with Gasteiger partial charge in [-0.25, -0.2) is 4.98 Å². The van der Waals surface area contributed by atoms with Crippen molar-refractivity contribution in [1.29, 1.82) is 0 Å². The van der Waals surface area contributed by atoms with Crippen LogP contribution in [0.2, 0.25) is 0 Å². The number of benzene rings is 3. The van der Waals surface area contributed by atoms with E-state index >= 15 is 0 Å². The molecule has 0 fully saturated rings. The number of carbonyl (C=O) groups excluding carboxylic acids is 1. The largest absolute Gasteiger partial charge is 0.451 e. The van der Waals surface area contributed by atoms with Gasteiger partial charge in [0.15, 0.2) is 5.76 Å². The standard InChI is InChI=1S/C25H17N3O4S/c1-15-9-10-17(25-27-19-7-2-3-8-23(19)33-25)14-20(15)26-24(29)22-12-11-21(32-22)16-5-4-6-18(13-16)28(30)31/h2-14H,1H3,(H,26,29). The molecule has 8 heteroatoms. The smallest absolute Gasteiger partial charge is 0.291 e. The minimum atomic E-state index is -0.471. The Morgan fingerprint density at radius 2 is 1.85 bits per heavy atom. The van der Waals surface area contributed by atoms with Crippen LogP contribution in [0.5, 0.6) is 0 Å². The van der Waals surface area contributed by atoms with Crippen molar-refractivity contribution in [3.05, 3.63) is 100 Å². The van der Waals surface area contributed by atoms with Gasteiger partial charge in [-0.05, 0) is 42.8 Å². The second-order valence-corrected chi connectivity index (χ2v) is 8.47. The number of para-hydroxylation sites is 1. The zero-order chi connectivity index (χ0) is 22.9. The molecule has 2 heterocycles. The topological polar surface area (TPSA) is 98.3 Å². The maximum atomic E-state index is 12.8. The molecule has 7 nitrogen and oxygen atoms in total. The van der Waals surface area contributed by atoms with Crippen LogP contribution in [-0.2, 0) is 0 Å². The predicted molar refractivity (Wildman–Crippen MR) is 129 cm³/mol. The van der Waals surface area contributed by atoms with E-state index in [9.17, 15) is 14.9 Å². The lowest BCUT2D eigenvalue weighted by molar-refractivity contribution is -0.384. The van der Waals surface area contributed by atoms with Gasteiger partial charge in [0.1, 0.15) is 10.8 Å². The van der Waals surface area contributed by atoms with Crippen LogP contribution in [0.15, 0.2) is 83.3 Å². The Balaban J connectivity index is 1.40. The molecular weight excluding hydrogens is 438 g/mol. The number of nitrogens with zero attached hydrogens (tertiary/aromatic N) is 2. The van der Waals surface area contributed by atoms with Gasteiger partial charge >= 0.3 is 0 Å². The zero-order valence-corrected chi connectivity index (χ0v) is 18.3. The average molecular weight is 455 g/mol. The highest BCUT2D eigenvalue weighted by Crippen LogP contribution is 2.33. The van der Waals surface area contributed by atoms with E-state index in [4.69, 9.17) is 4.42 Å². The van der Waals surface area contributed by atoms with Crippen LogP contribution >= 0.6 is 11.3 Å². The van der Waals surface area contributed by atoms with Crippen LogP contribution < -0.4 is 5.32 Å². The number of anilines is 1. The van der Waals surface area contributed by atoms with Crippen molar-refractivity contribution >= 4 is 38.8 Å². The molecule has 0 saturated heterocycles. The van der Waals surface area contributed by atoms with E-state index in [-0.39, 0.29) is 11.4 Å². The number of nitrogens with one attached hydrogen (secondary N) is 1. The Labute approximate surface area is 192 Å². The van der Waals surface area contributed by atoms with Gasteiger partial charge in [0.05, 0.1) is 15.1 Å². The van der Waals surface area contributed by atoms with Gasteiger partial charge in [0.25, 0.3) is 11.6 Å². The van der Waals surface area contributed by atoms with Gasteiger partial charge in [-0.15, -0.1) is 11.3 Å². The van der Waals surface area contributed by atoms with Crippen molar-refractivity contribution in [3.8, 4) is 21.9 Å². The number of aromatic nitrogens is 1. The molecule has 0 aliphatic carbocycles. The number of aryl methyl sites for hydroxylation is 1. The molecule has 5 rings (SSSR count). The molecule has 0 aliphatic rings. The highest BCUT2D eigenvalue weighted by Gasteiger charge is 2.16. The molecular formula is C25H17N3O4S. The third-order valence-electron chi connectivity index (χ3n) is 5.20. The molecule has 0 atom stereocenters. The number of amides is 1. The van der Waals surface area contributed by atoms with Crippen LogP contribution in [0.1, 0.15) is 16.1 Å². The van der Waals surface area contributed by atoms with E-state index in [2.05, 4.69) is 10.3 Å². The Hall–Kier alpha value is -4.30. The molecule has 33 heavy (non-hydrogen) atoms. The molecule has 0 bridgehead atoms. The van der Waals surface area contributed by atoms with E-state index in [0.717, 1.165) is 26.4 Å². The Morgan fingerprint density at radius 3 is 2.67 bits per heavy atom. The van der Waals surface area contributed by atoms with Crippen LogP contribution in [0, 0.1) is 17.0 Å². The molecule has 0 radical (unpaired) electrons. The number of rotatable bonds is 5. The maximum Gasteiger partial charge on any atom is 0.291 e. The summed E-state index contributed by atoms with van der Waals surface area (Å²) < 4.78 is 6.79. The summed E-state index contributed by atoms with van der Waals surface area (Å²) in [7, 11) is 0. The van der Waals surface area contributed by atoms with Gasteiger partial charge < -0.3 is 9.73 Å². The predicted octanol–water partition coefficient (Wildman–Crippen LogP) is 6.69. The van der Waals surface area contributed by atoms with Gasteiger partial charge in [-0.3, -0.25) is 14.9 Å². The van der Waals surface area contributed by atoms with Crippen LogP contribution in [0.4, 0.5) is 11.4 Å². The normalized spacial score (nSPS) is 10.9. The van der Waals surface area contributed by atoms with E-state index in [0.29, 0.717) is 17.0 Å². The van der Waals surface area contributed by atoms with E-state index in [1.165, 1.54) is 12.1 Å². The highest BCUT2D eigenvalue weighted by molar-refractivity contribution is 7.21. The minimum Gasteiger partial charge on any atom is -0.451 e. The minimum absolute atomic E-state index is 0.0443. The van der Waals surface area contributed by atoms with Gasteiger partial charge in [0, 0.05) is 28.9 Å². The molecule has 0 spiro atoms. The summed E-state index contributed by atoms with van der Waals surface area (Å²) >= 11 is 1.59. The SMILES string of the molecule is Cc1ccc(-c2nc3ccccc3s2)cc1NC(=O)c1ccc(-c2cccc([N+](=O)[O-])c2)o1. The number of nitro benzene ring substituents is 1. The van der Waals surface area contributed by atoms with Crippen LogP contribution in [0.25, 0.3) is 32.1 Å². The molecule has 162 valence electrons. The molecule has 2 aromatic heterocycles. The van der Waals surface area contributed by atoms with Crippen molar-refractivity contribution in [3.63, 3.8) is 0 Å². The lowest BCUT2D eigenvalue weighted by Crippen LogP contribution is -2.11. The summed E-state index contributed by atoms with van der Waals surface area (Å²) in [6, 6.07) is 23.0. The first-order valence-corrected chi connectivity index (χ1v) is 10.9. The quantitative estimate of drug-likeness (QED) is 0.235. The number of fused-ring (bicyclic) bond motifs is 1. The van der Waals surface area contributed by atoms with Crippen LogP contribution in [0.3, 0.4) is 0 Å². The fraction of sp³-hybridized carbons (Fsp3) is 0.0400. The molecule has 1 amide bonds. The number of nitro groups is 1. The summed E-state index contributed by atoms with van der Waals surface area (Å²) in [6.45, 7) is 1.91. The number of carbonyl (C=O) groups is 1. The van der Waals surface area contributed by atoms with E-state index in [1.54, 1.807) is 35.6 Å². The van der Waals surface area contributed by atoms with Crippen LogP contribution in [-0.4, -0.2) is 15.8 Å². The first-order valence-electron chi connectivity index (χ1n) is 10.1. The molecule has 0 saturated carbocycles. The number of thiazole rings is 1. The average Bonchev–Trinajstić information content (AvgIpc) is 3.48. The monoisotopic (exact) mass is 455 g/mol. The maximum absolute atomic E-state index is 12.8. The third kappa shape index (κ3) is 4.11. The third-order valence-corrected chi connectivity index (χ3v) is 6.28. The Kier molecular flexibility index (Phi) is 5.20. The summed E-state index contributed by atoms with van der Waals surface area (Å²) in [5.74, 6) is 0.0846. The van der Waals surface area contributed by atoms with E-state index < -0.39 is 10.8 Å². The summed E-state index contributed by atoms with van der Waals surface area (Å²) in [5.41, 5.74) is 3.89. The number of furan rings is 1. The molecule has 0 aliphatic heterocycles. The van der Waals surface area contributed by atoms with Crippen molar-refractivity contribution in [2.24, 2.45) is 0 Å². The van der Waals surface area contributed by atoms with Gasteiger partial charge in [-0.2, -0.15) is 0 Å². The number of hydrogen-bond acceptors (Lipinski definition) is 6. The lowest BCUT2D eigenvalue weighted by Gasteiger charge is -2.09. The Morgan fingerprint density at radius 1 is 1.00 bits per heavy atom. The summed E-state index contributed by atoms with van der Waals surface area (Å²) in [4.78, 5) is 28.1. The zero-order valence-electron chi connectivity index (χ0n) is 17.4. The first kappa shape index (κ1) is 20.6. The summed E-state index contributed by atoms with van der Waals surface area (Å²) in [5, 5.41) is 14.8. The second kappa shape index (κ2) is 8.33. The molecule has 0 unspecified atom stereocenters. The first-order chi connectivity index (χ1) is 16.0. The summed E-state index contributed by atoms with van der Waals surface area (Å²) in [6.07, 6.45) is 0. The highest BCUT2D eigenvalue weighted by atomic mass is 32.1. The van der Waals surface area contributed by atoms with Gasteiger partial charge in [-0.1, -0.05) is 36.4 Å². The molecule has 1 N–H and O–H groups in total. The van der Waals surface area contributed by atoms with Crippen molar-refractivity contribution in [2.45, 2.75) is 6.92 Å². The Bertz CT molecular complexity index is 1490. The molecule has 3 aromatic carbocycles. The van der Waals surface area contributed by atoms with Crippen molar-refractivity contribution in [2.75, 3.05) is 5.32 Å². The fourth-order valence-electron chi connectivity index (χ4n) is 3.46. The second-order valence-electron chi connectivity index (χ2n) is 7.44. The number of non-ortho nitro benzene ring substituents is 1. The number of hydrogen-bond donors (Lipinski definition) is 1. The fourth-order valence-corrected chi connectivity index (χ4v) is 4.42.